The first-order valence-electron chi connectivity index (χ1n) is 7.23. The maximum Gasteiger partial charge on any atom is 0.501 e. The second-order valence-electron chi connectivity index (χ2n) is 5.21. The van der Waals surface area contributed by atoms with Crippen LogP contribution >= 0.6 is 11.6 Å². The van der Waals surface area contributed by atoms with E-state index in [-0.39, 0.29) is 0 Å². The Morgan fingerprint density at radius 2 is 1.40 bits per heavy atom. The van der Waals surface area contributed by atoms with Crippen molar-refractivity contribution in [2.75, 3.05) is 67.0 Å². The molecule has 0 rings (SSSR count). The van der Waals surface area contributed by atoms with Gasteiger partial charge in [0.1, 0.15) is 0 Å². The minimum Gasteiger partial charge on any atom is -0.374 e. The summed E-state index contributed by atoms with van der Waals surface area (Å²) in [5.41, 5.74) is 0. The van der Waals surface area contributed by atoms with Gasteiger partial charge in [-0.2, -0.15) is 0 Å². The molecule has 0 heterocycles. The molecule has 122 valence electrons. The monoisotopic (exact) mass is 326 g/mol. The molecule has 0 radical (unpaired) electrons. The SMILES string of the molecule is CCO[Si](CCCCl)(OCCN(C)C)OCCN(C)C. The van der Waals surface area contributed by atoms with Gasteiger partial charge in [-0.15, -0.1) is 11.6 Å². The highest BCUT2D eigenvalue weighted by Gasteiger charge is 2.40. The molecule has 0 aliphatic carbocycles. The lowest BCUT2D eigenvalue weighted by molar-refractivity contribution is 0.0543. The predicted octanol–water partition coefficient (Wildman–Crippen LogP) is 1.75. The van der Waals surface area contributed by atoms with E-state index in [4.69, 9.17) is 24.9 Å². The van der Waals surface area contributed by atoms with Crippen LogP contribution in [-0.2, 0) is 13.3 Å². The molecule has 0 aliphatic heterocycles. The predicted molar refractivity (Wildman–Crippen MR) is 86.5 cm³/mol. The van der Waals surface area contributed by atoms with Crippen molar-refractivity contribution in [3.8, 4) is 0 Å². The standard InChI is InChI=1S/C13H31ClN2O3Si/c1-6-17-20(13-7-8-14,18-11-9-15(2)3)19-12-10-16(4)5/h6-13H2,1-5H3. The molecule has 0 aromatic heterocycles. The zero-order valence-electron chi connectivity index (χ0n) is 13.7. The summed E-state index contributed by atoms with van der Waals surface area (Å²) in [4.78, 5) is 4.18. The Bertz CT molecular complexity index is 220. The molecular weight excluding hydrogens is 296 g/mol. The molecule has 0 N–H and O–H groups in total. The summed E-state index contributed by atoms with van der Waals surface area (Å²) >= 11 is 5.82. The molecule has 20 heavy (non-hydrogen) atoms. The second-order valence-corrected chi connectivity index (χ2v) is 8.32. The molecule has 0 bridgehead atoms. The van der Waals surface area contributed by atoms with Crippen LogP contribution < -0.4 is 0 Å². The minimum absolute atomic E-state index is 0.607. The van der Waals surface area contributed by atoms with Crippen LogP contribution in [0, 0.1) is 0 Å². The van der Waals surface area contributed by atoms with E-state index in [1.807, 2.05) is 35.1 Å². The van der Waals surface area contributed by atoms with Crippen LogP contribution in [0.1, 0.15) is 13.3 Å². The molecule has 0 saturated heterocycles. The Morgan fingerprint density at radius 1 is 0.900 bits per heavy atom. The molecule has 0 aromatic rings. The first-order valence-corrected chi connectivity index (χ1v) is 9.69. The number of hydrogen-bond donors (Lipinski definition) is 0. The average Bonchev–Trinajstić information content (AvgIpc) is 2.35. The van der Waals surface area contributed by atoms with Gasteiger partial charge in [-0.3, -0.25) is 0 Å². The molecular formula is C13H31ClN2O3Si. The van der Waals surface area contributed by atoms with Crippen molar-refractivity contribution in [1.29, 1.82) is 0 Å². The highest BCUT2D eigenvalue weighted by Crippen LogP contribution is 2.18. The van der Waals surface area contributed by atoms with Gasteiger partial charge in [0.05, 0.1) is 13.2 Å². The van der Waals surface area contributed by atoms with Crippen molar-refractivity contribution in [1.82, 2.24) is 9.80 Å². The van der Waals surface area contributed by atoms with Gasteiger partial charge < -0.3 is 23.1 Å². The summed E-state index contributed by atoms with van der Waals surface area (Å²) in [6.07, 6.45) is 0.859. The smallest absolute Gasteiger partial charge is 0.374 e. The number of alkyl halides is 1. The van der Waals surface area contributed by atoms with Crippen molar-refractivity contribution in [3.05, 3.63) is 0 Å². The van der Waals surface area contributed by atoms with E-state index in [1.54, 1.807) is 0 Å². The van der Waals surface area contributed by atoms with Gasteiger partial charge in [-0.25, -0.2) is 0 Å². The number of nitrogens with zero attached hydrogens (tertiary/aromatic N) is 2. The lowest BCUT2D eigenvalue weighted by Gasteiger charge is -2.30. The normalized spacial score (nSPS) is 12.6. The summed E-state index contributed by atoms with van der Waals surface area (Å²) < 4.78 is 18.0. The van der Waals surface area contributed by atoms with Gasteiger partial charge in [0.15, 0.2) is 0 Å². The van der Waals surface area contributed by atoms with Gasteiger partial charge in [-0.1, -0.05) is 0 Å². The number of likely N-dealkylation sites (N-methyl/N-ethyl adjacent to an activating group) is 2. The molecule has 0 spiro atoms. The van der Waals surface area contributed by atoms with Crippen LogP contribution in [0.4, 0.5) is 0 Å². The first-order chi connectivity index (χ1) is 9.45. The average molecular weight is 327 g/mol. The molecule has 7 heteroatoms. The van der Waals surface area contributed by atoms with Gasteiger partial charge in [0, 0.05) is 31.6 Å². The van der Waals surface area contributed by atoms with E-state index in [2.05, 4.69) is 9.80 Å². The molecule has 0 saturated carbocycles. The minimum atomic E-state index is -2.59. The third kappa shape index (κ3) is 10.1. The van der Waals surface area contributed by atoms with Gasteiger partial charge in [0.2, 0.25) is 0 Å². The molecule has 0 fully saturated rings. The first kappa shape index (κ1) is 20.3. The maximum atomic E-state index is 6.04. The van der Waals surface area contributed by atoms with E-state index >= 15 is 0 Å². The second kappa shape index (κ2) is 11.9. The summed E-state index contributed by atoms with van der Waals surface area (Å²) in [6.45, 7) is 5.57. The Kier molecular flexibility index (Phi) is 12.1. The van der Waals surface area contributed by atoms with Crippen LogP contribution in [-0.4, -0.2) is 85.6 Å². The van der Waals surface area contributed by atoms with E-state index in [0.29, 0.717) is 25.7 Å². The van der Waals surface area contributed by atoms with Gasteiger partial charge in [0.25, 0.3) is 0 Å². The van der Waals surface area contributed by atoms with Crippen LogP contribution in [0.25, 0.3) is 0 Å². The molecule has 0 atom stereocenters. The van der Waals surface area contributed by atoms with Crippen molar-refractivity contribution in [2.45, 2.75) is 19.4 Å². The number of halogens is 1. The maximum absolute atomic E-state index is 6.04. The van der Waals surface area contributed by atoms with Crippen LogP contribution in [0.2, 0.25) is 6.04 Å². The summed E-state index contributed by atoms with van der Waals surface area (Å²) in [5.74, 6) is 0.607. The third-order valence-corrected chi connectivity index (χ3v) is 5.95. The highest BCUT2D eigenvalue weighted by atomic mass is 35.5. The van der Waals surface area contributed by atoms with Crippen LogP contribution in [0.3, 0.4) is 0 Å². The summed E-state index contributed by atoms with van der Waals surface area (Å²) in [7, 11) is 5.52. The van der Waals surface area contributed by atoms with Crippen molar-refractivity contribution in [3.63, 3.8) is 0 Å². The quantitative estimate of drug-likeness (QED) is 0.380. The van der Waals surface area contributed by atoms with E-state index in [9.17, 15) is 0 Å². The Morgan fingerprint density at radius 3 is 1.75 bits per heavy atom. The Balaban J connectivity index is 4.47. The fraction of sp³-hybridized carbons (Fsp3) is 1.00. The van der Waals surface area contributed by atoms with E-state index < -0.39 is 8.80 Å². The fourth-order valence-electron chi connectivity index (χ4n) is 1.61. The zero-order valence-corrected chi connectivity index (χ0v) is 15.4. The highest BCUT2D eigenvalue weighted by molar-refractivity contribution is 6.60. The molecule has 0 amide bonds. The van der Waals surface area contributed by atoms with Crippen LogP contribution in [0.5, 0.6) is 0 Å². The number of hydrogen-bond acceptors (Lipinski definition) is 5. The van der Waals surface area contributed by atoms with Crippen molar-refractivity contribution >= 4 is 20.4 Å². The van der Waals surface area contributed by atoms with E-state index in [1.165, 1.54) is 0 Å². The Hall–Kier alpha value is 0.307. The summed E-state index contributed by atoms with van der Waals surface area (Å²) in [5, 5.41) is 0. The summed E-state index contributed by atoms with van der Waals surface area (Å²) in [6, 6.07) is 0.783. The molecule has 0 aliphatic rings. The van der Waals surface area contributed by atoms with Gasteiger partial charge >= 0.3 is 8.80 Å². The largest absolute Gasteiger partial charge is 0.501 e. The van der Waals surface area contributed by atoms with Crippen molar-refractivity contribution in [2.24, 2.45) is 0 Å². The zero-order chi connectivity index (χ0) is 15.4. The topological polar surface area (TPSA) is 34.2 Å². The van der Waals surface area contributed by atoms with Crippen molar-refractivity contribution < 1.29 is 13.3 Å². The van der Waals surface area contributed by atoms with Crippen LogP contribution in [0.15, 0.2) is 0 Å². The molecule has 0 aromatic carbocycles. The number of rotatable bonds is 13. The third-order valence-electron chi connectivity index (χ3n) is 2.70. The van der Waals surface area contributed by atoms with E-state index in [0.717, 1.165) is 25.6 Å². The van der Waals surface area contributed by atoms with Gasteiger partial charge in [-0.05, 0) is 41.5 Å². The molecule has 0 unspecified atom stereocenters. The lowest BCUT2D eigenvalue weighted by Crippen LogP contribution is -2.48. The lowest BCUT2D eigenvalue weighted by atomic mass is 10.6. The Labute approximate surface area is 130 Å². The molecule has 5 nitrogen and oxygen atoms in total. The fourth-order valence-corrected chi connectivity index (χ4v) is 4.51.